The van der Waals surface area contributed by atoms with Crippen LogP contribution in [0.25, 0.3) is 11.1 Å². The maximum absolute atomic E-state index is 12.6. The highest BCUT2D eigenvalue weighted by Gasteiger charge is 2.17. The maximum atomic E-state index is 12.6. The lowest BCUT2D eigenvalue weighted by Crippen LogP contribution is -2.34. The molecule has 1 amide bonds. The van der Waals surface area contributed by atoms with E-state index < -0.39 is 18.5 Å². The zero-order valence-corrected chi connectivity index (χ0v) is 16.5. The summed E-state index contributed by atoms with van der Waals surface area (Å²) in [4.78, 5) is 23.1. The molecule has 3 aromatic rings. The van der Waals surface area contributed by atoms with Crippen LogP contribution in [0.3, 0.4) is 0 Å². The Bertz CT molecular complexity index is 1120. The number of aromatic carboxylic acids is 1. The number of ether oxygens (including phenoxy) is 1. The molecule has 1 aromatic heterocycles. The first kappa shape index (κ1) is 22.0. The molecule has 2 N–H and O–H groups in total. The Morgan fingerprint density at radius 3 is 2.45 bits per heavy atom. The zero-order chi connectivity index (χ0) is 22.5. The fourth-order valence-corrected chi connectivity index (χ4v) is 2.97. The Balaban J connectivity index is 1.76. The van der Waals surface area contributed by atoms with Gasteiger partial charge in [0, 0.05) is 22.3 Å². The van der Waals surface area contributed by atoms with Gasteiger partial charge in [0.2, 0.25) is 11.6 Å². The number of carbonyl (C=O) groups is 2. The van der Waals surface area contributed by atoms with Gasteiger partial charge in [0.25, 0.3) is 0 Å². The predicted octanol–water partition coefficient (Wildman–Crippen LogP) is 4.12. The Morgan fingerprint density at radius 1 is 1.13 bits per heavy atom. The second kappa shape index (κ2) is 9.40. The van der Waals surface area contributed by atoms with Gasteiger partial charge in [-0.1, -0.05) is 11.6 Å². The smallest absolute Gasteiger partial charge is 0.387 e. The molecular weight excluding hydrogens is 434 g/mol. The first-order valence-corrected chi connectivity index (χ1v) is 9.21. The highest BCUT2D eigenvalue weighted by atomic mass is 35.5. The third-order valence-corrected chi connectivity index (χ3v) is 4.46. The molecule has 0 saturated heterocycles. The normalized spacial score (nSPS) is 10.7. The monoisotopic (exact) mass is 448 g/mol. The number of pyridine rings is 1. The lowest BCUT2D eigenvalue weighted by molar-refractivity contribution is -0.612. The number of nitrogens with one attached hydrogen (secondary N) is 1. The molecular formula is C21H15ClF2N2O5. The summed E-state index contributed by atoms with van der Waals surface area (Å²) in [5, 5.41) is 24.1. The third kappa shape index (κ3) is 5.67. The molecule has 3 rings (SSSR count). The molecule has 0 unspecified atom stereocenters. The summed E-state index contributed by atoms with van der Waals surface area (Å²) in [6, 6.07) is 12.5. The van der Waals surface area contributed by atoms with Crippen LogP contribution < -0.4 is 14.8 Å². The molecule has 0 saturated carbocycles. The average molecular weight is 449 g/mol. The minimum absolute atomic E-state index is 0.0715. The number of carboxylic acid groups (broad SMARTS) is 1. The van der Waals surface area contributed by atoms with Crippen molar-refractivity contribution in [1.29, 1.82) is 0 Å². The summed E-state index contributed by atoms with van der Waals surface area (Å²) >= 11 is 5.93. The summed E-state index contributed by atoms with van der Waals surface area (Å²) in [5.41, 5.74) is 1.04. The van der Waals surface area contributed by atoms with Crippen molar-refractivity contribution in [2.75, 3.05) is 5.32 Å². The van der Waals surface area contributed by atoms with Gasteiger partial charge in [0.05, 0.1) is 11.1 Å². The highest BCUT2D eigenvalue weighted by Crippen LogP contribution is 2.33. The molecule has 10 heteroatoms. The van der Waals surface area contributed by atoms with Crippen molar-refractivity contribution in [3.8, 4) is 16.9 Å². The van der Waals surface area contributed by atoms with Gasteiger partial charge in [-0.05, 0) is 48.5 Å². The summed E-state index contributed by atoms with van der Waals surface area (Å²) in [5.74, 6) is -1.73. The van der Waals surface area contributed by atoms with Crippen molar-refractivity contribution >= 4 is 29.2 Å². The lowest BCUT2D eigenvalue weighted by atomic mass is 10.1. The van der Waals surface area contributed by atoms with Crippen molar-refractivity contribution in [2.24, 2.45) is 0 Å². The number of carboxylic acids is 1. The Hall–Kier alpha value is -3.72. The number of halogens is 3. The van der Waals surface area contributed by atoms with Gasteiger partial charge in [0.15, 0.2) is 6.20 Å². The fraction of sp³-hybridized carbons (Fsp3) is 0.0952. The van der Waals surface area contributed by atoms with E-state index in [1.165, 1.54) is 54.6 Å². The number of hydrogen-bond acceptors (Lipinski definition) is 4. The maximum Gasteiger partial charge on any atom is 0.387 e. The number of carbonyl (C=O) groups excluding carboxylic acids is 1. The van der Waals surface area contributed by atoms with E-state index in [9.17, 15) is 23.6 Å². The number of aromatic nitrogens is 1. The van der Waals surface area contributed by atoms with Gasteiger partial charge < -0.3 is 20.4 Å². The van der Waals surface area contributed by atoms with Crippen LogP contribution in [-0.4, -0.2) is 23.6 Å². The highest BCUT2D eigenvalue weighted by molar-refractivity contribution is 6.31. The molecule has 1 heterocycles. The molecule has 7 nitrogen and oxygen atoms in total. The molecule has 0 aliphatic rings. The summed E-state index contributed by atoms with van der Waals surface area (Å²) < 4.78 is 30.2. The molecule has 0 atom stereocenters. The minimum atomic E-state index is -3.05. The first-order chi connectivity index (χ1) is 14.7. The van der Waals surface area contributed by atoms with Crippen molar-refractivity contribution in [3.63, 3.8) is 0 Å². The summed E-state index contributed by atoms with van der Waals surface area (Å²) in [7, 11) is 0. The average Bonchev–Trinajstić information content (AvgIpc) is 2.71. The van der Waals surface area contributed by atoms with Gasteiger partial charge in [-0.3, -0.25) is 4.79 Å². The molecule has 0 aliphatic carbocycles. The first-order valence-electron chi connectivity index (χ1n) is 8.83. The van der Waals surface area contributed by atoms with Gasteiger partial charge in [-0.15, -0.1) is 0 Å². The molecule has 0 aliphatic heterocycles. The summed E-state index contributed by atoms with van der Waals surface area (Å²) in [6.07, 6.45) is 0.870. The van der Waals surface area contributed by atoms with Gasteiger partial charge in [-0.25, -0.2) is 4.79 Å². The topological polar surface area (TPSA) is 103 Å². The number of benzene rings is 2. The van der Waals surface area contributed by atoms with E-state index in [0.29, 0.717) is 10.4 Å². The van der Waals surface area contributed by atoms with Crippen LogP contribution in [0.1, 0.15) is 16.1 Å². The lowest BCUT2D eigenvalue weighted by Gasteiger charge is -2.12. The quantitative estimate of drug-likeness (QED) is 0.418. The van der Waals surface area contributed by atoms with E-state index in [0.717, 1.165) is 6.20 Å². The van der Waals surface area contributed by atoms with E-state index in [1.807, 2.05) is 0 Å². The third-order valence-electron chi connectivity index (χ3n) is 4.22. The summed E-state index contributed by atoms with van der Waals surface area (Å²) in [6.45, 7) is -3.05. The van der Waals surface area contributed by atoms with Gasteiger partial charge in [0.1, 0.15) is 12.2 Å². The fourth-order valence-electron chi connectivity index (χ4n) is 2.80. The molecule has 31 heavy (non-hydrogen) atoms. The molecule has 0 fully saturated rings. The molecule has 0 radical (unpaired) electrons. The minimum Gasteiger partial charge on any atom is -0.618 e. The van der Waals surface area contributed by atoms with Crippen molar-refractivity contribution < 1.29 is 32.9 Å². The largest absolute Gasteiger partial charge is 0.618 e. The van der Waals surface area contributed by atoms with Crippen LogP contribution in [-0.2, 0) is 11.2 Å². The Kier molecular flexibility index (Phi) is 6.66. The van der Waals surface area contributed by atoms with Crippen LogP contribution in [0, 0.1) is 5.21 Å². The van der Waals surface area contributed by atoms with Crippen molar-refractivity contribution in [3.05, 3.63) is 82.3 Å². The van der Waals surface area contributed by atoms with E-state index in [2.05, 4.69) is 10.1 Å². The van der Waals surface area contributed by atoms with Crippen LogP contribution in [0.2, 0.25) is 5.02 Å². The van der Waals surface area contributed by atoms with Crippen LogP contribution in [0.4, 0.5) is 14.5 Å². The second-order valence-electron chi connectivity index (χ2n) is 6.36. The Morgan fingerprint density at radius 2 is 1.84 bits per heavy atom. The number of anilines is 1. The number of rotatable bonds is 7. The van der Waals surface area contributed by atoms with Gasteiger partial charge in [-0.2, -0.15) is 13.5 Å². The number of amides is 1. The standard InChI is InChI=1S/C21H15ClF2N2O5/c22-14-4-8-18(31-21(23)24)17(9-14)13-3-7-16(26(30)11-13)10-19(27)25-15-5-1-12(2-6-15)20(28)29/h1-9,11,21H,10H2,(H,25,27)(H,28,29). The number of alkyl halides is 2. The van der Waals surface area contributed by atoms with Crippen molar-refractivity contribution in [2.45, 2.75) is 13.0 Å². The van der Waals surface area contributed by atoms with E-state index in [1.54, 1.807) is 0 Å². The molecule has 0 spiro atoms. The molecule has 160 valence electrons. The number of nitrogens with zero attached hydrogens (tertiary/aromatic N) is 1. The SMILES string of the molecule is O=C(Cc1ccc(-c2cc(Cl)ccc2OC(F)F)c[n+]1[O-])Nc1ccc(C(=O)O)cc1. The predicted molar refractivity (Wildman–Crippen MR) is 108 cm³/mol. The van der Waals surface area contributed by atoms with Gasteiger partial charge >= 0.3 is 12.6 Å². The van der Waals surface area contributed by atoms with E-state index >= 15 is 0 Å². The molecule has 2 aromatic carbocycles. The zero-order valence-electron chi connectivity index (χ0n) is 15.7. The van der Waals surface area contributed by atoms with Crippen molar-refractivity contribution in [1.82, 2.24) is 0 Å². The molecule has 0 bridgehead atoms. The van der Waals surface area contributed by atoms with Crippen LogP contribution >= 0.6 is 11.6 Å². The number of hydrogen-bond donors (Lipinski definition) is 2. The Labute approximate surface area is 180 Å². The van der Waals surface area contributed by atoms with E-state index in [-0.39, 0.29) is 39.6 Å². The van der Waals surface area contributed by atoms with Crippen LogP contribution in [0.15, 0.2) is 60.8 Å². The van der Waals surface area contributed by atoms with E-state index in [4.69, 9.17) is 16.7 Å². The second-order valence-corrected chi connectivity index (χ2v) is 6.80. The van der Waals surface area contributed by atoms with Crippen LogP contribution in [0.5, 0.6) is 5.75 Å².